The first-order valence-corrected chi connectivity index (χ1v) is 5.62. The summed E-state index contributed by atoms with van der Waals surface area (Å²) in [4.78, 5) is 6.35. The van der Waals surface area contributed by atoms with Gasteiger partial charge in [-0.05, 0) is 38.7 Å². The zero-order chi connectivity index (χ0) is 12.0. The molecule has 0 atom stereocenters. The van der Waals surface area contributed by atoms with E-state index in [1.807, 2.05) is 6.08 Å². The van der Waals surface area contributed by atoms with E-state index in [4.69, 9.17) is 5.73 Å². The Labute approximate surface area is 98.0 Å². The van der Waals surface area contributed by atoms with Crippen molar-refractivity contribution in [1.29, 1.82) is 0 Å². The van der Waals surface area contributed by atoms with Gasteiger partial charge in [-0.1, -0.05) is 19.2 Å². The third-order valence-electron chi connectivity index (χ3n) is 3.01. The van der Waals surface area contributed by atoms with Crippen LogP contribution < -0.4 is 5.73 Å². The second-order valence-electron chi connectivity index (χ2n) is 4.18. The Kier molecular flexibility index (Phi) is 4.99. The van der Waals surface area contributed by atoms with E-state index in [9.17, 15) is 0 Å². The van der Waals surface area contributed by atoms with Gasteiger partial charge in [-0.3, -0.25) is 9.89 Å². The predicted molar refractivity (Wildman–Crippen MR) is 70.3 cm³/mol. The van der Waals surface area contributed by atoms with E-state index < -0.39 is 0 Å². The number of hydrogen-bond donors (Lipinski definition) is 1. The Morgan fingerprint density at radius 3 is 2.50 bits per heavy atom. The maximum Gasteiger partial charge on any atom is 0.0536 e. The Balaban J connectivity index is 2.42. The first kappa shape index (κ1) is 12.7. The second kappa shape index (κ2) is 6.28. The fourth-order valence-electron chi connectivity index (χ4n) is 1.98. The van der Waals surface area contributed by atoms with Crippen molar-refractivity contribution in [3.63, 3.8) is 0 Å². The SMILES string of the molecule is C=C/C=C(/CN1CCC(C(=C)N)CC1)N=C. The molecule has 0 aliphatic carbocycles. The molecule has 0 aromatic carbocycles. The lowest BCUT2D eigenvalue weighted by Gasteiger charge is -2.31. The molecule has 0 amide bonds. The molecule has 0 radical (unpaired) electrons. The lowest BCUT2D eigenvalue weighted by atomic mass is 9.94. The molecular formula is C13H21N3. The molecule has 1 aliphatic heterocycles. The van der Waals surface area contributed by atoms with Crippen LogP contribution in [0.4, 0.5) is 0 Å². The monoisotopic (exact) mass is 219 g/mol. The summed E-state index contributed by atoms with van der Waals surface area (Å²) in [5.74, 6) is 0.486. The summed E-state index contributed by atoms with van der Waals surface area (Å²) in [5, 5.41) is 0. The Morgan fingerprint density at radius 2 is 2.06 bits per heavy atom. The van der Waals surface area contributed by atoms with E-state index in [-0.39, 0.29) is 0 Å². The highest BCUT2D eigenvalue weighted by molar-refractivity contribution is 5.30. The minimum absolute atomic E-state index is 0.486. The van der Waals surface area contributed by atoms with Gasteiger partial charge in [0.15, 0.2) is 0 Å². The number of hydrogen-bond acceptors (Lipinski definition) is 3. The fraction of sp³-hybridized carbons (Fsp3) is 0.462. The topological polar surface area (TPSA) is 41.6 Å². The maximum absolute atomic E-state index is 5.72. The highest BCUT2D eigenvalue weighted by atomic mass is 15.1. The molecule has 0 unspecified atom stereocenters. The molecule has 0 saturated carbocycles. The van der Waals surface area contributed by atoms with Gasteiger partial charge in [0, 0.05) is 18.2 Å². The minimum atomic E-state index is 0.486. The van der Waals surface area contributed by atoms with Crippen molar-refractivity contribution < 1.29 is 0 Å². The van der Waals surface area contributed by atoms with Crippen LogP contribution in [-0.4, -0.2) is 31.3 Å². The van der Waals surface area contributed by atoms with Crippen LogP contribution in [0.25, 0.3) is 0 Å². The number of nitrogens with two attached hydrogens (primary N) is 1. The summed E-state index contributed by atoms with van der Waals surface area (Å²) in [6.07, 6.45) is 5.83. The van der Waals surface area contributed by atoms with Gasteiger partial charge in [-0.15, -0.1) is 0 Å². The summed E-state index contributed by atoms with van der Waals surface area (Å²) in [5.41, 5.74) is 7.52. The Morgan fingerprint density at radius 1 is 1.44 bits per heavy atom. The molecule has 0 bridgehead atoms. The van der Waals surface area contributed by atoms with Gasteiger partial charge < -0.3 is 5.73 Å². The van der Waals surface area contributed by atoms with Crippen molar-refractivity contribution in [2.45, 2.75) is 12.8 Å². The van der Waals surface area contributed by atoms with Gasteiger partial charge in [-0.25, -0.2) is 0 Å². The molecule has 1 heterocycles. The van der Waals surface area contributed by atoms with Crippen LogP contribution in [0.2, 0.25) is 0 Å². The van der Waals surface area contributed by atoms with Crippen LogP contribution in [0.1, 0.15) is 12.8 Å². The molecule has 1 aliphatic rings. The number of piperidine rings is 1. The minimum Gasteiger partial charge on any atom is -0.402 e. The summed E-state index contributed by atoms with van der Waals surface area (Å²) >= 11 is 0. The van der Waals surface area contributed by atoms with E-state index in [2.05, 4.69) is 29.8 Å². The molecule has 0 aromatic heterocycles. The number of aliphatic imine (C=N–C) groups is 1. The van der Waals surface area contributed by atoms with Crippen molar-refractivity contribution in [1.82, 2.24) is 4.90 Å². The van der Waals surface area contributed by atoms with Crippen molar-refractivity contribution >= 4 is 6.72 Å². The normalized spacial score (nSPS) is 19.4. The molecule has 1 fully saturated rings. The number of rotatable bonds is 5. The van der Waals surface area contributed by atoms with Gasteiger partial charge in [-0.2, -0.15) is 0 Å². The molecule has 2 N–H and O–H groups in total. The van der Waals surface area contributed by atoms with Crippen LogP contribution in [0.3, 0.4) is 0 Å². The first-order chi connectivity index (χ1) is 7.67. The van der Waals surface area contributed by atoms with Crippen molar-refractivity contribution in [3.8, 4) is 0 Å². The number of nitrogens with zero attached hydrogens (tertiary/aromatic N) is 2. The number of likely N-dealkylation sites (tertiary alicyclic amines) is 1. The molecule has 3 heteroatoms. The highest BCUT2D eigenvalue weighted by Gasteiger charge is 2.20. The largest absolute Gasteiger partial charge is 0.402 e. The third-order valence-corrected chi connectivity index (χ3v) is 3.01. The van der Waals surface area contributed by atoms with Crippen molar-refractivity contribution in [3.05, 3.63) is 36.7 Å². The highest BCUT2D eigenvalue weighted by Crippen LogP contribution is 2.21. The Hall–Kier alpha value is -1.35. The molecule has 1 rings (SSSR count). The van der Waals surface area contributed by atoms with Crippen LogP contribution in [0.5, 0.6) is 0 Å². The van der Waals surface area contributed by atoms with Crippen LogP contribution >= 0.6 is 0 Å². The zero-order valence-electron chi connectivity index (χ0n) is 9.86. The molecule has 0 aromatic rings. The third kappa shape index (κ3) is 3.66. The summed E-state index contributed by atoms with van der Waals surface area (Å²) < 4.78 is 0. The molecule has 3 nitrogen and oxygen atoms in total. The average molecular weight is 219 g/mol. The van der Waals surface area contributed by atoms with E-state index in [1.54, 1.807) is 6.08 Å². The van der Waals surface area contributed by atoms with E-state index >= 15 is 0 Å². The van der Waals surface area contributed by atoms with E-state index in [0.717, 1.165) is 43.9 Å². The van der Waals surface area contributed by atoms with E-state index in [0.29, 0.717) is 5.92 Å². The van der Waals surface area contributed by atoms with Crippen molar-refractivity contribution in [2.24, 2.45) is 16.6 Å². The van der Waals surface area contributed by atoms with Gasteiger partial charge in [0.05, 0.1) is 5.70 Å². The van der Waals surface area contributed by atoms with Gasteiger partial charge >= 0.3 is 0 Å². The number of allylic oxidation sites excluding steroid dienone is 3. The van der Waals surface area contributed by atoms with Gasteiger partial charge in [0.2, 0.25) is 0 Å². The van der Waals surface area contributed by atoms with E-state index in [1.165, 1.54) is 0 Å². The van der Waals surface area contributed by atoms with Gasteiger partial charge in [0.25, 0.3) is 0 Å². The molecule has 1 saturated heterocycles. The zero-order valence-corrected chi connectivity index (χ0v) is 9.86. The summed E-state index contributed by atoms with van der Waals surface area (Å²) in [7, 11) is 0. The average Bonchev–Trinajstić information content (AvgIpc) is 2.29. The molecular weight excluding hydrogens is 198 g/mol. The molecule has 88 valence electrons. The van der Waals surface area contributed by atoms with Crippen LogP contribution in [0, 0.1) is 5.92 Å². The smallest absolute Gasteiger partial charge is 0.0536 e. The Bertz CT molecular complexity index is 296. The van der Waals surface area contributed by atoms with Crippen LogP contribution in [-0.2, 0) is 0 Å². The quantitative estimate of drug-likeness (QED) is 0.567. The predicted octanol–water partition coefficient (Wildman–Crippen LogP) is 1.94. The van der Waals surface area contributed by atoms with Crippen molar-refractivity contribution in [2.75, 3.05) is 19.6 Å². The lowest BCUT2D eigenvalue weighted by Crippen LogP contribution is -2.36. The molecule has 0 spiro atoms. The standard InChI is InChI=1S/C13H21N3/c1-4-5-13(15-3)10-16-8-6-12(7-9-16)11(2)14/h4-5,12H,1-3,6-10,14H2/b13-5-. The fourth-order valence-corrected chi connectivity index (χ4v) is 1.98. The summed E-state index contributed by atoms with van der Waals surface area (Å²) in [6.45, 7) is 14.0. The van der Waals surface area contributed by atoms with Gasteiger partial charge in [0.1, 0.15) is 0 Å². The first-order valence-electron chi connectivity index (χ1n) is 5.62. The summed E-state index contributed by atoms with van der Waals surface area (Å²) in [6, 6.07) is 0. The van der Waals surface area contributed by atoms with Crippen LogP contribution in [0.15, 0.2) is 41.7 Å². The maximum atomic E-state index is 5.72. The second-order valence-corrected chi connectivity index (χ2v) is 4.18. The lowest BCUT2D eigenvalue weighted by molar-refractivity contribution is 0.212. The molecule has 16 heavy (non-hydrogen) atoms.